The van der Waals surface area contributed by atoms with Crippen LogP contribution in [0.5, 0.6) is 5.75 Å². The van der Waals surface area contributed by atoms with Gasteiger partial charge in [-0.3, -0.25) is 9.67 Å². The Morgan fingerprint density at radius 1 is 1.02 bits per heavy atom. The van der Waals surface area contributed by atoms with E-state index in [9.17, 15) is 9.90 Å². The SMILES string of the molecule is Cc1nc(CN(C)CC2CCOCC2)c(-c2ccc3c(c2)CCN(c2ncnc4c2cnn4C)C3)c(-c2ccc3c(c2)CCCO3)c1C(OC(C)(C)C)C(=O)O. The fraction of sp³-hybridized carbons (Fsp3) is 0.477. The molecule has 0 bridgehead atoms. The van der Waals surface area contributed by atoms with Crippen LogP contribution >= 0.6 is 0 Å². The van der Waals surface area contributed by atoms with E-state index in [-0.39, 0.29) is 0 Å². The minimum absolute atomic E-state index is 0.545. The Kier molecular flexibility index (Phi) is 10.6. The number of ether oxygens (including phenoxy) is 3. The number of carbonyl (C=O) groups is 1. The third kappa shape index (κ3) is 7.74. The molecule has 1 saturated heterocycles. The quantitative estimate of drug-likeness (QED) is 0.157. The topological polar surface area (TPSA) is 128 Å². The molecule has 1 unspecified atom stereocenters. The number of aryl methyl sites for hydroxylation is 3. The molecule has 1 N–H and O–H groups in total. The van der Waals surface area contributed by atoms with Crippen molar-refractivity contribution in [2.24, 2.45) is 13.0 Å². The van der Waals surface area contributed by atoms with Gasteiger partial charge in [0.1, 0.15) is 17.9 Å². The molecular formula is C44H53N7O5. The number of hydrogen-bond acceptors (Lipinski definition) is 10. The van der Waals surface area contributed by atoms with E-state index in [0.717, 1.165) is 115 Å². The van der Waals surface area contributed by atoms with Gasteiger partial charge in [0.05, 0.1) is 29.5 Å². The molecule has 0 saturated carbocycles. The van der Waals surface area contributed by atoms with Crippen molar-refractivity contribution < 1.29 is 24.1 Å². The van der Waals surface area contributed by atoms with Crippen LogP contribution in [0, 0.1) is 12.8 Å². The number of nitrogens with zero attached hydrogens (tertiary/aromatic N) is 7. The fourth-order valence-corrected chi connectivity index (χ4v) is 8.71. The minimum Gasteiger partial charge on any atom is -0.493 e. The predicted octanol–water partition coefficient (Wildman–Crippen LogP) is 7.09. The van der Waals surface area contributed by atoms with Crippen molar-refractivity contribution in [2.45, 2.75) is 84.6 Å². The molecule has 5 aromatic rings. The van der Waals surface area contributed by atoms with E-state index >= 15 is 0 Å². The van der Waals surface area contributed by atoms with Crippen molar-refractivity contribution in [3.05, 3.63) is 82.6 Å². The number of carboxylic acids is 1. The van der Waals surface area contributed by atoms with Crippen LogP contribution in [0.15, 0.2) is 48.9 Å². The number of benzene rings is 2. The van der Waals surface area contributed by atoms with E-state index in [1.165, 1.54) is 11.1 Å². The lowest BCUT2D eigenvalue weighted by molar-refractivity contribution is -0.160. The van der Waals surface area contributed by atoms with Crippen LogP contribution < -0.4 is 9.64 Å². The molecule has 8 rings (SSSR count). The van der Waals surface area contributed by atoms with Crippen LogP contribution in [0.2, 0.25) is 0 Å². The van der Waals surface area contributed by atoms with Gasteiger partial charge in [0, 0.05) is 63.3 Å². The van der Waals surface area contributed by atoms with Gasteiger partial charge in [0.15, 0.2) is 11.8 Å². The number of carboxylic acid groups (broad SMARTS) is 1. The molecule has 3 aromatic heterocycles. The number of pyridine rings is 1. The van der Waals surface area contributed by atoms with E-state index in [0.29, 0.717) is 36.9 Å². The molecule has 3 aliphatic rings. The molecule has 0 spiro atoms. The highest BCUT2D eigenvalue weighted by molar-refractivity contribution is 5.92. The first-order chi connectivity index (χ1) is 26.9. The van der Waals surface area contributed by atoms with Crippen LogP contribution in [0.25, 0.3) is 33.3 Å². The van der Waals surface area contributed by atoms with Gasteiger partial charge in [0.25, 0.3) is 0 Å². The maximum Gasteiger partial charge on any atom is 0.337 e. The summed E-state index contributed by atoms with van der Waals surface area (Å²) in [6.45, 7) is 12.9. The fourth-order valence-electron chi connectivity index (χ4n) is 8.71. The lowest BCUT2D eigenvalue weighted by atomic mass is 9.84. The second-order valence-electron chi connectivity index (χ2n) is 16.6. The maximum absolute atomic E-state index is 13.3. The molecule has 12 heteroatoms. The van der Waals surface area contributed by atoms with Crippen LogP contribution in [-0.2, 0) is 47.2 Å². The summed E-state index contributed by atoms with van der Waals surface area (Å²) < 4.78 is 19.9. The third-order valence-corrected chi connectivity index (χ3v) is 11.3. The highest BCUT2D eigenvalue weighted by Crippen LogP contribution is 2.45. The van der Waals surface area contributed by atoms with Crippen molar-refractivity contribution in [1.82, 2.24) is 29.6 Å². The van der Waals surface area contributed by atoms with Crippen molar-refractivity contribution in [3.8, 4) is 28.0 Å². The first kappa shape index (κ1) is 38.0. The van der Waals surface area contributed by atoms with Crippen molar-refractivity contribution >= 4 is 22.8 Å². The van der Waals surface area contributed by atoms with E-state index in [1.54, 1.807) is 11.0 Å². The van der Waals surface area contributed by atoms with Crippen molar-refractivity contribution in [2.75, 3.05) is 44.9 Å². The van der Waals surface area contributed by atoms with Crippen LogP contribution in [0.3, 0.4) is 0 Å². The number of aromatic nitrogens is 5. The first-order valence-corrected chi connectivity index (χ1v) is 19.9. The van der Waals surface area contributed by atoms with Gasteiger partial charge in [0.2, 0.25) is 0 Å². The van der Waals surface area contributed by atoms with Gasteiger partial charge < -0.3 is 29.1 Å². The molecule has 6 heterocycles. The summed E-state index contributed by atoms with van der Waals surface area (Å²) in [6, 6.07) is 13.0. The summed E-state index contributed by atoms with van der Waals surface area (Å²) in [7, 11) is 4.06. The summed E-state index contributed by atoms with van der Waals surface area (Å²) in [5.41, 5.74) is 9.61. The van der Waals surface area contributed by atoms with Gasteiger partial charge >= 0.3 is 5.97 Å². The predicted molar refractivity (Wildman–Crippen MR) is 216 cm³/mol. The van der Waals surface area contributed by atoms with Gasteiger partial charge in [-0.15, -0.1) is 0 Å². The second kappa shape index (κ2) is 15.6. The van der Waals surface area contributed by atoms with Gasteiger partial charge in [-0.1, -0.05) is 24.3 Å². The smallest absolute Gasteiger partial charge is 0.337 e. The van der Waals surface area contributed by atoms with Gasteiger partial charge in [-0.2, -0.15) is 5.10 Å². The van der Waals surface area contributed by atoms with E-state index in [2.05, 4.69) is 62.2 Å². The molecule has 0 aliphatic carbocycles. The lowest BCUT2D eigenvalue weighted by Gasteiger charge is -2.32. The molecule has 2 aromatic carbocycles. The minimum atomic E-state index is -1.24. The van der Waals surface area contributed by atoms with Crippen LogP contribution in [0.4, 0.5) is 5.82 Å². The zero-order valence-electron chi connectivity index (χ0n) is 33.5. The Morgan fingerprint density at radius 3 is 2.57 bits per heavy atom. The number of anilines is 1. The molecule has 56 heavy (non-hydrogen) atoms. The Balaban J connectivity index is 1.28. The van der Waals surface area contributed by atoms with E-state index < -0.39 is 17.7 Å². The number of aliphatic carboxylic acids is 1. The summed E-state index contributed by atoms with van der Waals surface area (Å²) >= 11 is 0. The summed E-state index contributed by atoms with van der Waals surface area (Å²) in [4.78, 5) is 32.4. The summed E-state index contributed by atoms with van der Waals surface area (Å²) in [5, 5.41) is 16.2. The summed E-state index contributed by atoms with van der Waals surface area (Å²) in [5.74, 6) is 1.28. The highest BCUT2D eigenvalue weighted by Gasteiger charge is 2.35. The zero-order chi connectivity index (χ0) is 39.1. The third-order valence-electron chi connectivity index (χ3n) is 11.3. The molecule has 12 nitrogen and oxygen atoms in total. The number of fused-ring (bicyclic) bond motifs is 3. The Morgan fingerprint density at radius 2 is 1.79 bits per heavy atom. The monoisotopic (exact) mass is 759 g/mol. The molecular weight excluding hydrogens is 707 g/mol. The van der Waals surface area contributed by atoms with Gasteiger partial charge in [-0.25, -0.2) is 14.8 Å². The number of rotatable bonds is 10. The summed E-state index contributed by atoms with van der Waals surface area (Å²) in [6.07, 6.45) is 6.94. The normalized spacial score (nSPS) is 16.8. The zero-order valence-corrected chi connectivity index (χ0v) is 33.5. The van der Waals surface area contributed by atoms with E-state index in [4.69, 9.17) is 19.2 Å². The molecule has 1 fully saturated rings. The molecule has 1 atom stereocenters. The average Bonchev–Trinajstić information content (AvgIpc) is 3.56. The highest BCUT2D eigenvalue weighted by atomic mass is 16.5. The Hall–Kier alpha value is -4.91. The molecule has 0 radical (unpaired) electrons. The Bertz CT molecular complexity index is 2260. The molecule has 294 valence electrons. The van der Waals surface area contributed by atoms with E-state index in [1.807, 2.05) is 47.0 Å². The van der Waals surface area contributed by atoms with Crippen LogP contribution in [-0.4, -0.2) is 86.3 Å². The lowest BCUT2D eigenvalue weighted by Crippen LogP contribution is -2.31. The van der Waals surface area contributed by atoms with Crippen molar-refractivity contribution in [1.29, 1.82) is 0 Å². The number of hydrogen-bond donors (Lipinski definition) is 1. The van der Waals surface area contributed by atoms with Crippen LogP contribution in [0.1, 0.15) is 79.8 Å². The maximum atomic E-state index is 13.3. The first-order valence-electron chi connectivity index (χ1n) is 19.9. The molecule has 3 aliphatic heterocycles. The van der Waals surface area contributed by atoms with Crippen molar-refractivity contribution in [3.63, 3.8) is 0 Å². The standard InChI is InChI=1S/C44H53N7O5/c1-27-37(40(43(52)53)56-44(2,3)4)39(32-11-12-36-30(21-32)8-7-17-55-36)38(35(48-27)25-49(5)23-28-14-18-54-19-15-28)31-9-10-33-24-51(16-13-29(33)20-31)42-34-22-47-50(6)41(34)45-26-46-42/h9-12,20-22,26,28,40H,7-8,13-19,23-25H2,1-6H3,(H,52,53). The average molecular weight is 760 g/mol. The van der Waals surface area contributed by atoms with Gasteiger partial charge in [-0.05, 0) is 118 Å². The Labute approximate surface area is 328 Å². The largest absolute Gasteiger partial charge is 0.493 e. The second-order valence-corrected chi connectivity index (χ2v) is 16.6. The molecule has 0 amide bonds.